The fourth-order valence-corrected chi connectivity index (χ4v) is 3.26. The Bertz CT molecular complexity index is 765. The van der Waals surface area contributed by atoms with E-state index < -0.39 is 0 Å². The van der Waals surface area contributed by atoms with Crippen LogP contribution >= 0.6 is 0 Å². The second-order valence-corrected chi connectivity index (χ2v) is 7.44. The zero-order valence-electron chi connectivity index (χ0n) is 16.4. The molecule has 2 aromatic rings. The third-order valence-electron chi connectivity index (χ3n) is 4.78. The molecule has 27 heavy (non-hydrogen) atoms. The van der Waals surface area contributed by atoms with Crippen LogP contribution in [0.15, 0.2) is 24.3 Å². The van der Waals surface area contributed by atoms with E-state index >= 15 is 0 Å². The van der Waals surface area contributed by atoms with Gasteiger partial charge in [0.2, 0.25) is 0 Å². The van der Waals surface area contributed by atoms with E-state index in [9.17, 15) is 4.79 Å². The van der Waals surface area contributed by atoms with Gasteiger partial charge in [-0.05, 0) is 44.8 Å². The highest BCUT2D eigenvalue weighted by molar-refractivity contribution is 5.93. The maximum absolute atomic E-state index is 12.6. The van der Waals surface area contributed by atoms with Crippen LogP contribution in [0.25, 0.3) is 0 Å². The molecule has 0 bridgehead atoms. The minimum Gasteiger partial charge on any atom is -0.493 e. The van der Waals surface area contributed by atoms with Gasteiger partial charge < -0.3 is 15.4 Å². The van der Waals surface area contributed by atoms with E-state index in [0.717, 1.165) is 42.9 Å². The molecule has 3 rings (SSSR count). The summed E-state index contributed by atoms with van der Waals surface area (Å²) in [5, 5.41) is 14.7. The smallest absolute Gasteiger partial charge is 0.274 e. The number of para-hydroxylation sites is 1. The quantitative estimate of drug-likeness (QED) is 0.781. The molecule has 0 atom stereocenters. The second-order valence-electron chi connectivity index (χ2n) is 7.44. The lowest BCUT2D eigenvalue weighted by atomic mass is 10.1. The van der Waals surface area contributed by atoms with Crippen LogP contribution in [0.2, 0.25) is 0 Å². The number of hydrogen-bond donors (Lipinski definition) is 2. The zero-order valence-corrected chi connectivity index (χ0v) is 16.4. The number of benzene rings is 1. The average Bonchev–Trinajstić information content (AvgIpc) is 3.07. The summed E-state index contributed by atoms with van der Waals surface area (Å²) in [4.78, 5) is 12.6. The molecule has 1 aliphatic rings. The number of nitrogens with one attached hydrogen (secondary N) is 2. The van der Waals surface area contributed by atoms with Crippen molar-refractivity contribution in [1.82, 2.24) is 25.6 Å². The van der Waals surface area contributed by atoms with Crippen molar-refractivity contribution < 1.29 is 9.53 Å². The molecule has 1 aromatic carbocycles. The molecule has 1 fully saturated rings. The minimum atomic E-state index is -0.202. The summed E-state index contributed by atoms with van der Waals surface area (Å²) >= 11 is 0. The van der Waals surface area contributed by atoms with Crippen LogP contribution in [0.1, 0.15) is 54.5 Å². The molecule has 1 aliphatic heterocycles. The maximum Gasteiger partial charge on any atom is 0.274 e. The van der Waals surface area contributed by atoms with Crippen molar-refractivity contribution >= 4 is 5.91 Å². The van der Waals surface area contributed by atoms with E-state index in [1.807, 2.05) is 35.9 Å². The molecule has 7 nitrogen and oxygen atoms in total. The molecule has 2 heterocycles. The molecule has 0 saturated carbocycles. The summed E-state index contributed by atoms with van der Waals surface area (Å²) < 4.78 is 7.75. The molecule has 1 saturated heterocycles. The molecule has 1 amide bonds. The van der Waals surface area contributed by atoms with Crippen molar-refractivity contribution in [2.24, 2.45) is 5.92 Å². The Hall–Kier alpha value is -2.41. The first-order chi connectivity index (χ1) is 13.1. The fourth-order valence-electron chi connectivity index (χ4n) is 3.26. The van der Waals surface area contributed by atoms with Gasteiger partial charge in [-0.25, -0.2) is 4.68 Å². The second kappa shape index (κ2) is 8.99. The number of aromatic nitrogens is 3. The molecular formula is C20H29N5O2. The Balaban J connectivity index is 1.64. The molecule has 0 unspecified atom stereocenters. The Morgan fingerprint density at radius 2 is 2.07 bits per heavy atom. The van der Waals surface area contributed by atoms with Crippen LogP contribution in [-0.2, 0) is 6.54 Å². The summed E-state index contributed by atoms with van der Waals surface area (Å²) in [7, 11) is 0. The largest absolute Gasteiger partial charge is 0.493 e. The van der Waals surface area contributed by atoms with E-state index in [4.69, 9.17) is 4.74 Å². The lowest BCUT2D eigenvalue weighted by Gasteiger charge is -2.23. The minimum absolute atomic E-state index is 0.202. The highest BCUT2D eigenvalue weighted by atomic mass is 16.5. The monoisotopic (exact) mass is 371 g/mol. The van der Waals surface area contributed by atoms with Gasteiger partial charge in [-0.15, -0.1) is 5.10 Å². The van der Waals surface area contributed by atoms with Crippen LogP contribution in [0.4, 0.5) is 0 Å². The molecule has 0 radical (unpaired) electrons. The molecule has 7 heteroatoms. The molecule has 1 aromatic heterocycles. The van der Waals surface area contributed by atoms with Gasteiger partial charge in [0.25, 0.3) is 5.91 Å². The summed E-state index contributed by atoms with van der Waals surface area (Å²) in [6.07, 6.45) is 2.01. The van der Waals surface area contributed by atoms with E-state index in [2.05, 4.69) is 34.8 Å². The molecule has 2 N–H and O–H groups in total. The topological polar surface area (TPSA) is 81.1 Å². The molecule has 0 aliphatic carbocycles. The van der Waals surface area contributed by atoms with Crippen LogP contribution in [0, 0.1) is 12.8 Å². The maximum atomic E-state index is 12.6. The number of carbonyl (C=O) groups is 1. The number of ether oxygens (including phenoxy) is 1. The molecular weight excluding hydrogens is 342 g/mol. The lowest BCUT2D eigenvalue weighted by molar-refractivity contribution is 0.0944. The van der Waals surface area contributed by atoms with Crippen LogP contribution in [0.5, 0.6) is 5.75 Å². The van der Waals surface area contributed by atoms with Crippen LogP contribution in [0.3, 0.4) is 0 Å². The Morgan fingerprint density at radius 3 is 2.81 bits per heavy atom. The van der Waals surface area contributed by atoms with E-state index in [1.54, 1.807) is 0 Å². The van der Waals surface area contributed by atoms with Gasteiger partial charge in [-0.2, -0.15) is 0 Å². The third kappa shape index (κ3) is 4.86. The van der Waals surface area contributed by atoms with Gasteiger partial charge in [0.1, 0.15) is 5.75 Å². The highest BCUT2D eigenvalue weighted by Crippen LogP contribution is 2.21. The van der Waals surface area contributed by atoms with Crippen molar-refractivity contribution in [3.8, 4) is 5.75 Å². The van der Waals surface area contributed by atoms with Crippen molar-refractivity contribution in [2.45, 2.75) is 46.2 Å². The summed E-state index contributed by atoms with van der Waals surface area (Å²) in [6.45, 7) is 9.12. The number of nitrogens with zero attached hydrogens (tertiary/aromatic N) is 3. The number of rotatable bonds is 7. The summed E-state index contributed by atoms with van der Waals surface area (Å²) in [6, 6.07) is 8.10. The van der Waals surface area contributed by atoms with Crippen molar-refractivity contribution in [3.05, 3.63) is 41.2 Å². The third-order valence-corrected chi connectivity index (χ3v) is 4.78. The lowest BCUT2D eigenvalue weighted by Crippen LogP contribution is -2.30. The number of piperidine rings is 1. The number of carbonyl (C=O) groups excluding carboxylic acids is 1. The van der Waals surface area contributed by atoms with Crippen LogP contribution in [-0.4, -0.2) is 40.6 Å². The van der Waals surface area contributed by atoms with Gasteiger partial charge in [0.05, 0.1) is 18.3 Å². The van der Waals surface area contributed by atoms with Crippen molar-refractivity contribution in [3.63, 3.8) is 0 Å². The van der Waals surface area contributed by atoms with Gasteiger partial charge >= 0.3 is 0 Å². The first-order valence-electron chi connectivity index (χ1n) is 9.67. The van der Waals surface area contributed by atoms with E-state index in [-0.39, 0.29) is 5.91 Å². The van der Waals surface area contributed by atoms with E-state index in [1.165, 1.54) is 0 Å². The number of amides is 1. The summed E-state index contributed by atoms with van der Waals surface area (Å²) in [5.41, 5.74) is 2.17. The summed E-state index contributed by atoms with van der Waals surface area (Å²) in [5.74, 6) is 1.05. The van der Waals surface area contributed by atoms with Gasteiger partial charge in [-0.1, -0.05) is 37.3 Å². The molecule has 0 spiro atoms. The number of hydrogen-bond acceptors (Lipinski definition) is 5. The van der Waals surface area contributed by atoms with Crippen molar-refractivity contribution in [1.29, 1.82) is 0 Å². The van der Waals surface area contributed by atoms with Crippen molar-refractivity contribution in [2.75, 3.05) is 19.7 Å². The Kier molecular flexibility index (Phi) is 6.45. The first-order valence-corrected chi connectivity index (χ1v) is 9.67. The Morgan fingerprint density at radius 1 is 1.33 bits per heavy atom. The van der Waals surface area contributed by atoms with Gasteiger partial charge in [0.15, 0.2) is 5.69 Å². The standard InChI is InChI=1S/C20H29N5O2/c1-14(2)13-27-18-7-5-4-6-16(18)12-22-20(26)19-15(3)25(24-23-19)17-8-10-21-11-9-17/h4-7,14,17,21H,8-13H2,1-3H3,(H,22,26). The van der Waals surface area contributed by atoms with Gasteiger partial charge in [0, 0.05) is 12.1 Å². The highest BCUT2D eigenvalue weighted by Gasteiger charge is 2.22. The predicted molar refractivity (Wildman–Crippen MR) is 104 cm³/mol. The van der Waals surface area contributed by atoms with Crippen LogP contribution < -0.4 is 15.4 Å². The first kappa shape index (κ1) is 19.4. The SMILES string of the molecule is Cc1c(C(=O)NCc2ccccc2OCC(C)C)nnn1C1CCNCC1. The zero-order chi connectivity index (χ0) is 19.2. The fraction of sp³-hybridized carbons (Fsp3) is 0.550. The Labute approximate surface area is 160 Å². The molecule has 146 valence electrons. The van der Waals surface area contributed by atoms with E-state index in [0.29, 0.717) is 30.8 Å². The predicted octanol–water partition coefficient (Wildman–Crippen LogP) is 2.48. The van der Waals surface area contributed by atoms with Gasteiger partial charge in [-0.3, -0.25) is 4.79 Å². The normalized spacial score (nSPS) is 15.1. The average molecular weight is 371 g/mol.